The Bertz CT molecular complexity index is 1460. The van der Waals surface area contributed by atoms with E-state index in [1.165, 1.54) is 0 Å². The minimum atomic E-state index is -0.413. The van der Waals surface area contributed by atoms with E-state index < -0.39 is 6.04 Å². The summed E-state index contributed by atoms with van der Waals surface area (Å²) in [6.45, 7) is 0. The van der Waals surface area contributed by atoms with Crippen LogP contribution in [-0.4, -0.2) is 4.57 Å². The molecule has 0 saturated carbocycles. The summed E-state index contributed by atoms with van der Waals surface area (Å²) in [7, 11) is 0. The van der Waals surface area contributed by atoms with E-state index in [1.807, 2.05) is 60.7 Å². The number of hydrogen-bond donors (Lipinski definition) is 0. The first-order valence-electron chi connectivity index (χ1n) is 10.8. The number of para-hydroxylation sites is 2. The van der Waals surface area contributed by atoms with Crippen LogP contribution in [0.15, 0.2) is 96.9 Å². The predicted octanol–water partition coefficient (Wildman–Crippen LogP) is 7.10. The number of aromatic nitrogens is 1. The first-order valence-corrected chi connectivity index (χ1v) is 8.63. The van der Waals surface area contributed by atoms with Crippen LogP contribution in [0, 0.1) is 0 Å². The summed E-state index contributed by atoms with van der Waals surface area (Å²) in [4.78, 5) is 0. The maximum absolute atomic E-state index is 8.48. The third-order valence-corrected chi connectivity index (χ3v) is 4.74. The summed E-state index contributed by atoms with van der Waals surface area (Å²) >= 11 is 6.51. The lowest BCUT2D eigenvalue weighted by atomic mass is 9.99. The molecule has 1 aromatic heterocycles. The highest BCUT2D eigenvalue weighted by molar-refractivity contribution is 6.32. The van der Waals surface area contributed by atoms with Gasteiger partial charge < -0.3 is 4.57 Å². The fraction of sp³-hybridized carbons (Fsp3) is 0. The van der Waals surface area contributed by atoms with E-state index in [2.05, 4.69) is 4.57 Å². The topological polar surface area (TPSA) is 4.93 Å². The van der Waals surface area contributed by atoms with E-state index in [1.54, 1.807) is 6.07 Å². The number of hydrogen-bond acceptors (Lipinski definition) is 0. The van der Waals surface area contributed by atoms with Crippen LogP contribution in [0.5, 0.6) is 0 Å². The van der Waals surface area contributed by atoms with Crippen LogP contribution in [0.3, 0.4) is 0 Å². The van der Waals surface area contributed by atoms with Gasteiger partial charge in [0.05, 0.1) is 17.9 Å². The molecule has 26 heavy (non-hydrogen) atoms. The molecule has 0 spiro atoms. The Labute approximate surface area is 164 Å². The summed E-state index contributed by atoms with van der Waals surface area (Å²) in [5.74, 6) is 0. The average molecular weight is 359 g/mol. The van der Waals surface area contributed by atoms with Crippen molar-refractivity contribution in [2.45, 2.75) is 0 Å². The molecule has 1 nitrogen and oxygen atoms in total. The van der Waals surface area contributed by atoms with Gasteiger partial charge in [-0.1, -0.05) is 78.2 Å². The number of benzene rings is 4. The molecule has 5 aromatic rings. The van der Waals surface area contributed by atoms with E-state index in [4.69, 9.17) is 18.5 Å². The average Bonchev–Trinajstić information content (AvgIpc) is 3.11. The Morgan fingerprint density at radius 2 is 1.50 bits per heavy atom. The molecule has 2 heteroatoms. The normalized spacial score (nSPS) is 14.0. The largest absolute Gasteiger partial charge is 0.309 e. The molecular weight excluding hydrogens is 338 g/mol. The molecule has 1 heterocycles. The van der Waals surface area contributed by atoms with Gasteiger partial charge in [-0.25, -0.2) is 0 Å². The second-order valence-electron chi connectivity index (χ2n) is 6.04. The molecular formula is C24H16ClN. The van der Waals surface area contributed by atoms with Gasteiger partial charge in [0.25, 0.3) is 0 Å². The molecule has 4 aromatic carbocycles. The molecule has 0 atom stereocenters. The molecule has 0 amide bonds. The number of rotatable bonds is 2. The molecule has 0 fully saturated rings. The Morgan fingerprint density at radius 3 is 2.31 bits per heavy atom. The Morgan fingerprint density at radius 1 is 0.769 bits per heavy atom. The van der Waals surface area contributed by atoms with Crippen LogP contribution in [-0.2, 0) is 0 Å². The lowest BCUT2D eigenvalue weighted by Gasteiger charge is -2.09. The minimum absolute atomic E-state index is 0.148. The maximum atomic E-state index is 8.48. The van der Waals surface area contributed by atoms with Gasteiger partial charge in [-0.3, -0.25) is 0 Å². The van der Waals surface area contributed by atoms with Crippen LogP contribution in [0.1, 0.15) is 6.85 Å². The Hall–Kier alpha value is -3.03. The standard InChI is InChI=1S/C24H16ClN/c25-18-15-21(17-9-3-1-4-10-17)24-20-13-7-8-14-22(20)26(23(24)16-18)19-11-5-2-6-12-19/h1-16H/i1D,3D,4D,9D,10D. The molecule has 124 valence electrons. The highest BCUT2D eigenvalue weighted by Crippen LogP contribution is 2.40. The zero-order chi connectivity index (χ0) is 21.9. The van der Waals surface area contributed by atoms with Gasteiger partial charge in [0.1, 0.15) is 0 Å². The zero-order valence-electron chi connectivity index (χ0n) is 18.7. The summed E-state index contributed by atoms with van der Waals surface area (Å²) in [6, 6.07) is 19.6. The van der Waals surface area contributed by atoms with E-state index >= 15 is 0 Å². The van der Waals surface area contributed by atoms with Crippen LogP contribution < -0.4 is 0 Å². The molecule has 0 aliphatic carbocycles. The maximum Gasteiger partial charge on any atom is 0.0629 e. The van der Waals surface area contributed by atoms with Gasteiger partial charge in [0, 0.05) is 21.5 Å². The minimum Gasteiger partial charge on any atom is -0.309 e. The third-order valence-electron chi connectivity index (χ3n) is 4.52. The van der Waals surface area contributed by atoms with Crippen molar-refractivity contribution in [3.05, 3.63) is 102 Å². The molecule has 0 radical (unpaired) electrons. The molecule has 0 bridgehead atoms. The zero-order valence-corrected chi connectivity index (χ0v) is 14.4. The van der Waals surface area contributed by atoms with Crippen molar-refractivity contribution in [2.75, 3.05) is 0 Å². The van der Waals surface area contributed by atoms with E-state index in [0.29, 0.717) is 10.6 Å². The SMILES string of the molecule is [2H]c1c([2H])c([2H])c(-c2cc(Cl)cc3c2c2ccccc2n3-c2ccccc2)c([2H])c1[2H]. The predicted molar refractivity (Wildman–Crippen MR) is 111 cm³/mol. The van der Waals surface area contributed by atoms with Gasteiger partial charge in [0.2, 0.25) is 0 Å². The monoisotopic (exact) mass is 358 g/mol. The van der Waals surface area contributed by atoms with Gasteiger partial charge in [-0.2, -0.15) is 0 Å². The molecule has 0 unspecified atom stereocenters. The smallest absolute Gasteiger partial charge is 0.0629 e. The number of halogens is 1. The van der Waals surface area contributed by atoms with Crippen LogP contribution >= 0.6 is 11.6 Å². The molecule has 0 N–H and O–H groups in total. The summed E-state index contributed by atoms with van der Waals surface area (Å²) in [5.41, 5.74) is 3.36. The highest BCUT2D eigenvalue weighted by Gasteiger charge is 2.16. The fourth-order valence-electron chi connectivity index (χ4n) is 3.50. The van der Waals surface area contributed by atoms with Gasteiger partial charge >= 0.3 is 0 Å². The second kappa shape index (κ2) is 6.05. The van der Waals surface area contributed by atoms with Crippen molar-refractivity contribution in [1.82, 2.24) is 4.57 Å². The van der Waals surface area contributed by atoms with Crippen molar-refractivity contribution in [2.24, 2.45) is 0 Å². The lowest BCUT2D eigenvalue weighted by Crippen LogP contribution is -1.93. The summed E-state index contributed by atoms with van der Waals surface area (Å²) in [6.07, 6.45) is 0. The quantitative estimate of drug-likeness (QED) is 0.317. The molecule has 5 rings (SSSR count). The first kappa shape index (κ1) is 10.8. The summed E-state index contributed by atoms with van der Waals surface area (Å²) in [5, 5.41) is 2.14. The van der Waals surface area contributed by atoms with Gasteiger partial charge in [-0.15, -0.1) is 0 Å². The first-order chi connectivity index (χ1) is 14.9. The van der Waals surface area contributed by atoms with Crippen molar-refractivity contribution in [3.63, 3.8) is 0 Å². The third kappa shape index (κ3) is 2.33. The Kier molecular flexibility index (Phi) is 2.52. The van der Waals surface area contributed by atoms with Crippen molar-refractivity contribution < 1.29 is 6.85 Å². The molecule has 0 aliphatic heterocycles. The van der Waals surface area contributed by atoms with E-state index in [-0.39, 0.29) is 29.7 Å². The number of nitrogens with zero attached hydrogens (tertiary/aromatic N) is 1. The highest BCUT2D eigenvalue weighted by atomic mass is 35.5. The molecule has 0 aliphatic rings. The van der Waals surface area contributed by atoms with Gasteiger partial charge in [0.15, 0.2) is 0 Å². The van der Waals surface area contributed by atoms with Crippen LogP contribution in [0.4, 0.5) is 0 Å². The van der Waals surface area contributed by atoms with Crippen molar-refractivity contribution in [3.8, 4) is 16.8 Å². The lowest BCUT2D eigenvalue weighted by molar-refractivity contribution is 1.18. The van der Waals surface area contributed by atoms with E-state index in [0.717, 1.165) is 27.5 Å². The Balaban J connectivity index is 2.01. The molecule has 0 saturated heterocycles. The van der Waals surface area contributed by atoms with Crippen molar-refractivity contribution in [1.29, 1.82) is 0 Å². The second-order valence-corrected chi connectivity index (χ2v) is 6.47. The number of fused-ring (bicyclic) bond motifs is 3. The van der Waals surface area contributed by atoms with Crippen molar-refractivity contribution >= 4 is 33.4 Å². The fourth-order valence-corrected chi connectivity index (χ4v) is 3.71. The van der Waals surface area contributed by atoms with Gasteiger partial charge in [-0.05, 0) is 41.5 Å². The van der Waals surface area contributed by atoms with Crippen LogP contribution in [0.2, 0.25) is 5.02 Å². The summed E-state index contributed by atoms with van der Waals surface area (Å²) < 4.78 is 43.2. The van der Waals surface area contributed by atoms with Crippen LogP contribution in [0.25, 0.3) is 38.6 Å². The van der Waals surface area contributed by atoms with E-state index in [9.17, 15) is 0 Å².